The van der Waals surface area contributed by atoms with Crippen LogP contribution in [0.2, 0.25) is 0 Å². The summed E-state index contributed by atoms with van der Waals surface area (Å²) < 4.78 is 0. The van der Waals surface area contributed by atoms with Crippen molar-refractivity contribution >= 4 is 17.8 Å². The van der Waals surface area contributed by atoms with Gasteiger partial charge in [-0.15, -0.1) is 0 Å². The molecule has 9 heteroatoms. The van der Waals surface area contributed by atoms with E-state index >= 15 is 0 Å². The SMILES string of the molecule is CC(C)NC(=O)N1CCN(C(=O)c2cnccn2)C[C@]2(CNC(=O)C2)C1. The molecule has 2 aliphatic heterocycles. The van der Waals surface area contributed by atoms with Gasteiger partial charge in [-0.1, -0.05) is 0 Å². The van der Waals surface area contributed by atoms with E-state index in [2.05, 4.69) is 20.6 Å². The summed E-state index contributed by atoms with van der Waals surface area (Å²) in [7, 11) is 0. The molecule has 0 aliphatic carbocycles. The van der Waals surface area contributed by atoms with Gasteiger partial charge in [-0.2, -0.15) is 0 Å². The third-order valence-corrected chi connectivity index (χ3v) is 4.66. The van der Waals surface area contributed by atoms with Crippen molar-refractivity contribution < 1.29 is 14.4 Å². The number of rotatable bonds is 2. The van der Waals surface area contributed by atoms with Crippen LogP contribution in [0, 0.1) is 5.41 Å². The van der Waals surface area contributed by atoms with Crippen molar-refractivity contribution in [1.29, 1.82) is 0 Å². The fraction of sp³-hybridized carbons (Fsp3) is 0.588. The molecule has 3 heterocycles. The zero-order chi connectivity index (χ0) is 18.7. The van der Waals surface area contributed by atoms with E-state index in [1.165, 1.54) is 18.6 Å². The fourth-order valence-electron chi connectivity index (χ4n) is 3.49. The summed E-state index contributed by atoms with van der Waals surface area (Å²) in [5.41, 5.74) is -0.222. The number of urea groups is 1. The van der Waals surface area contributed by atoms with E-state index in [-0.39, 0.29) is 29.6 Å². The largest absolute Gasteiger partial charge is 0.355 e. The maximum atomic E-state index is 12.8. The van der Waals surface area contributed by atoms with Crippen LogP contribution in [0.5, 0.6) is 0 Å². The van der Waals surface area contributed by atoms with Gasteiger partial charge in [0.05, 0.1) is 6.20 Å². The summed E-state index contributed by atoms with van der Waals surface area (Å²) in [6.45, 7) is 5.85. The van der Waals surface area contributed by atoms with Crippen molar-refractivity contribution in [2.45, 2.75) is 26.3 Å². The Labute approximate surface area is 152 Å². The summed E-state index contributed by atoms with van der Waals surface area (Å²) >= 11 is 0. The molecule has 2 N–H and O–H groups in total. The number of nitrogens with zero attached hydrogens (tertiary/aromatic N) is 4. The fourth-order valence-corrected chi connectivity index (χ4v) is 3.49. The minimum Gasteiger partial charge on any atom is -0.355 e. The second kappa shape index (κ2) is 7.27. The van der Waals surface area contributed by atoms with Gasteiger partial charge in [-0.05, 0) is 13.8 Å². The van der Waals surface area contributed by atoms with E-state index in [9.17, 15) is 14.4 Å². The van der Waals surface area contributed by atoms with E-state index in [0.29, 0.717) is 39.1 Å². The van der Waals surface area contributed by atoms with Crippen molar-refractivity contribution in [3.63, 3.8) is 0 Å². The van der Waals surface area contributed by atoms with Crippen LogP contribution in [0.4, 0.5) is 4.79 Å². The van der Waals surface area contributed by atoms with E-state index < -0.39 is 5.41 Å². The zero-order valence-corrected chi connectivity index (χ0v) is 15.1. The van der Waals surface area contributed by atoms with Gasteiger partial charge in [0, 0.05) is 63.0 Å². The number of hydrogen-bond donors (Lipinski definition) is 2. The summed E-state index contributed by atoms with van der Waals surface area (Å²) in [5.74, 6) is -0.286. The van der Waals surface area contributed by atoms with Crippen molar-refractivity contribution in [1.82, 2.24) is 30.4 Å². The number of carbonyl (C=O) groups is 3. The standard InChI is InChI=1S/C17H24N6O3/c1-12(2)21-16(26)23-6-5-22(15(25)13-8-18-3-4-19-13)10-17(11-23)7-14(24)20-9-17/h3-4,8,12H,5-7,9-11H2,1-2H3,(H,20,24)(H,21,26)/t17-/m0/s1. The summed E-state index contributed by atoms with van der Waals surface area (Å²) in [5, 5.41) is 5.73. The predicted molar refractivity (Wildman–Crippen MR) is 93.2 cm³/mol. The average molecular weight is 360 g/mol. The Hall–Kier alpha value is -2.71. The van der Waals surface area contributed by atoms with Crippen LogP contribution in [0.1, 0.15) is 30.8 Å². The first kappa shape index (κ1) is 18.1. The lowest BCUT2D eigenvalue weighted by Gasteiger charge is -2.32. The van der Waals surface area contributed by atoms with Crippen molar-refractivity contribution in [2.75, 3.05) is 32.7 Å². The summed E-state index contributed by atoms with van der Waals surface area (Å²) in [6, 6.07) is -0.158. The second-order valence-electron chi connectivity index (χ2n) is 7.30. The topological polar surface area (TPSA) is 108 Å². The van der Waals surface area contributed by atoms with E-state index in [4.69, 9.17) is 0 Å². The number of amides is 4. The van der Waals surface area contributed by atoms with E-state index in [1.54, 1.807) is 9.80 Å². The first-order valence-corrected chi connectivity index (χ1v) is 8.76. The molecule has 140 valence electrons. The molecule has 0 bridgehead atoms. The molecule has 0 radical (unpaired) electrons. The number of nitrogens with one attached hydrogen (secondary N) is 2. The lowest BCUT2D eigenvalue weighted by Crippen LogP contribution is -2.48. The Kier molecular flexibility index (Phi) is 5.06. The molecule has 1 aromatic rings. The number of aromatic nitrogens is 2. The average Bonchev–Trinajstić information content (AvgIpc) is 2.86. The maximum absolute atomic E-state index is 12.8. The molecule has 2 aliphatic rings. The van der Waals surface area contributed by atoms with E-state index in [0.717, 1.165) is 0 Å². The molecule has 1 spiro atoms. The van der Waals surface area contributed by atoms with Gasteiger partial charge in [0.2, 0.25) is 5.91 Å². The monoisotopic (exact) mass is 360 g/mol. The van der Waals surface area contributed by atoms with E-state index in [1.807, 2.05) is 13.8 Å². The highest BCUT2D eigenvalue weighted by Gasteiger charge is 2.45. The molecular weight excluding hydrogens is 336 g/mol. The van der Waals surface area contributed by atoms with Crippen LogP contribution in [-0.4, -0.2) is 76.4 Å². The first-order valence-electron chi connectivity index (χ1n) is 8.76. The van der Waals surface area contributed by atoms with Gasteiger partial charge in [-0.25, -0.2) is 9.78 Å². The molecule has 0 aromatic carbocycles. The Morgan fingerprint density at radius 3 is 2.58 bits per heavy atom. The normalized spacial score (nSPS) is 23.1. The molecule has 2 saturated heterocycles. The highest BCUT2D eigenvalue weighted by atomic mass is 16.2. The van der Waals surface area contributed by atoms with Crippen molar-refractivity contribution in [3.8, 4) is 0 Å². The minimum atomic E-state index is -0.486. The molecular formula is C17H24N6O3. The highest BCUT2D eigenvalue weighted by molar-refractivity contribution is 5.92. The van der Waals surface area contributed by atoms with Crippen LogP contribution in [0.25, 0.3) is 0 Å². The first-order chi connectivity index (χ1) is 12.4. The molecule has 9 nitrogen and oxygen atoms in total. The van der Waals surface area contributed by atoms with Gasteiger partial charge in [-0.3, -0.25) is 14.6 Å². The Morgan fingerprint density at radius 2 is 1.96 bits per heavy atom. The quantitative estimate of drug-likeness (QED) is 0.763. The maximum Gasteiger partial charge on any atom is 0.317 e. The molecule has 0 unspecified atom stereocenters. The Bertz CT molecular complexity index is 695. The van der Waals surface area contributed by atoms with Crippen molar-refractivity contribution in [3.05, 3.63) is 24.3 Å². The van der Waals surface area contributed by atoms with Crippen LogP contribution >= 0.6 is 0 Å². The third kappa shape index (κ3) is 3.92. The second-order valence-corrected chi connectivity index (χ2v) is 7.30. The lowest BCUT2D eigenvalue weighted by atomic mass is 9.86. The number of carbonyl (C=O) groups excluding carboxylic acids is 3. The molecule has 4 amide bonds. The van der Waals surface area contributed by atoms with Gasteiger partial charge in [0.1, 0.15) is 5.69 Å². The van der Waals surface area contributed by atoms with Gasteiger partial charge in [0.15, 0.2) is 0 Å². The zero-order valence-electron chi connectivity index (χ0n) is 15.1. The van der Waals surface area contributed by atoms with Crippen molar-refractivity contribution in [2.24, 2.45) is 5.41 Å². The molecule has 1 aromatic heterocycles. The Balaban J connectivity index is 1.82. The van der Waals surface area contributed by atoms with Gasteiger partial charge >= 0.3 is 6.03 Å². The molecule has 2 fully saturated rings. The minimum absolute atomic E-state index is 0.0161. The molecule has 26 heavy (non-hydrogen) atoms. The van der Waals surface area contributed by atoms with Gasteiger partial charge < -0.3 is 20.4 Å². The molecule has 3 rings (SSSR count). The van der Waals surface area contributed by atoms with Gasteiger partial charge in [0.25, 0.3) is 5.91 Å². The number of hydrogen-bond acceptors (Lipinski definition) is 5. The van der Waals surface area contributed by atoms with Crippen LogP contribution in [0.3, 0.4) is 0 Å². The molecule has 1 atom stereocenters. The lowest BCUT2D eigenvalue weighted by molar-refractivity contribution is -0.119. The highest BCUT2D eigenvalue weighted by Crippen LogP contribution is 2.31. The van der Waals surface area contributed by atoms with Crippen LogP contribution in [-0.2, 0) is 4.79 Å². The summed E-state index contributed by atoms with van der Waals surface area (Å²) in [6.07, 6.45) is 4.71. The predicted octanol–water partition coefficient (Wildman–Crippen LogP) is -0.141. The van der Waals surface area contributed by atoms with Crippen LogP contribution < -0.4 is 10.6 Å². The van der Waals surface area contributed by atoms with Crippen LogP contribution in [0.15, 0.2) is 18.6 Å². The molecule has 0 saturated carbocycles. The smallest absolute Gasteiger partial charge is 0.317 e. The third-order valence-electron chi connectivity index (χ3n) is 4.66. The summed E-state index contributed by atoms with van der Waals surface area (Å²) in [4.78, 5) is 48.6. The Morgan fingerprint density at radius 1 is 1.23 bits per heavy atom.